The first kappa shape index (κ1) is 13.7. The van der Waals surface area contributed by atoms with Crippen LogP contribution in [0.5, 0.6) is 0 Å². The lowest BCUT2D eigenvalue weighted by atomic mass is 9.85. The number of hydrogen-bond acceptors (Lipinski definition) is 4. The predicted molar refractivity (Wildman–Crippen MR) is 74.8 cm³/mol. The average Bonchev–Trinajstić information content (AvgIpc) is 2.37. The zero-order valence-electron chi connectivity index (χ0n) is 11.2. The molecular formula is C13H26N2OS. The second kappa shape index (κ2) is 6.41. The van der Waals surface area contributed by atoms with E-state index in [4.69, 9.17) is 4.74 Å². The van der Waals surface area contributed by atoms with Crippen LogP contribution in [0, 0.1) is 0 Å². The van der Waals surface area contributed by atoms with Gasteiger partial charge in [0.1, 0.15) is 0 Å². The Balaban J connectivity index is 1.87. The number of nitrogens with zero attached hydrogens (tertiary/aromatic N) is 1. The van der Waals surface area contributed by atoms with Gasteiger partial charge in [-0.3, -0.25) is 0 Å². The molecule has 1 spiro atoms. The Kier molecular flexibility index (Phi) is 5.15. The predicted octanol–water partition coefficient (Wildman–Crippen LogP) is 1.58. The first-order chi connectivity index (χ1) is 8.26. The summed E-state index contributed by atoms with van der Waals surface area (Å²) < 4.78 is 6.14. The SMILES string of the molecule is CNCCN(C)C1CCOC2(CCSCC2)C1. The van der Waals surface area contributed by atoms with Crippen molar-refractivity contribution in [2.75, 3.05) is 45.3 Å². The van der Waals surface area contributed by atoms with E-state index < -0.39 is 0 Å². The molecule has 0 saturated carbocycles. The van der Waals surface area contributed by atoms with Gasteiger partial charge >= 0.3 is 0 Å². The third-order valence-electron chi connectivity index (χ3n) is 4.21. The van der Waals surface area contributed by atoms with Crippen LogP contribution in [0.3, 0.4) is 0 Å². The van der Waals surface area contributed by atoms with Crippen LogP contribution in [0.4, 0.5) is 0 Å². The van der Waals surface area contributed by atoms with Gasteiger partial charge in [0, 0.05) is 25.7 Å². The lowest BCUT2D eigenvalue weighted by Gasteiger charge is -2.45. The zero-order valence-corrected chi connectivity index (χ0v) is 12.0. The molecular weight excluding hydrogens is 232 g/mol. The second-order valence-electron chi connectivity index (χ2n) is 5.37. The summed E-state index contributed by atoms with van der Waals surface area (Å²) in [7, 11) is 4.29. The lowest BCUT2D eigenvalue weighted by Crippen LogP contribution is -2.50. The van der Waals surface area contributed by atoms with Crippen LogP contribution in [-0.4, -0.2) is 61.8 Å². The molecule has 0 aromatic carbocycles. The van der Waals surface area contributed by atoms with Crippen molar-refractivity contribution in [1.29, 1.82) is 0 Å². The monoisotopic (exact) mass is 258 g/mol. The molecule has 2 rings (SSSR count). The van der Waals surface area contributed by atoms with Crippen LogP contribution in [0.15, 0.2) is 0 Å². The van der Waals surface area contributed by atoms with Gasteiger partial charge in [0.2, 0.25) is 0 Å². The van der Waals surface area contributed by atoms with Crippen molar-refractivity contribution in [3.05, 3.63) is 0 Å². The molecule has 2 aliphatic rings. The molecule has 100 valence electrons. The van der Waals surface area contributed by atoms with Gasteiger partial charge in [-0.1, -0.05) is 0 Å². The van der Waals surface area contributed by atoms with Gasteiger partial charge in [-0.05, 0) is 51.3 Å². The Bertz CT molecular complexity index is 226. The van der Waals surface area contributed by atoms with Crippen molar-refractivity contribution < 1.29 is 4.74 Å². The second-order valence-corrected chi connectivity index (χ2v) is 6.60. The molecule has 2 heterocycles. The fourth-order valence-electron chi connectivity index (χ4n) is 2.94. The molecule has 17 heavy (non-hydrogen) atoms. The lowest BCUT2D eigenvalue weighted by molar-refractivity contribution is -0.107. The molecule has 0 bridgehead atoms. The van der Waals surface area contributed by atoms with Crippen molar-refractivity contribution in [2.45, 2.75) is 37.3 Å². The quantitative estimate of drug-likeness (QED) is 0.827. The van der Waals surface area contributed by atoms with Crippen LogP contribution < -0.4 is 5.32 Å². The van der Waals surface area contributed by atoms with Gasteiger partial charge in [-0.2, -0.15) is 11.8 Å². The molecule has 0 aromatic rings. The molecule has 3 nitrogen and oxygen atoms in total. The number of ether oxygens (including phenoxy) is 1. The van der Waals surface area contributed by atoms with E-state index in [1.54, 1.807) is 0 Å². The largest absolute Gasteiger partial charge is 0.375 e. The first-order valence-corrected chi connectivity index (χ1v) is 7.98. The topological polar surface area (TPSA) is 24.5 Å². The third-order valence-corrected chi connectivity index (χ3v) is 5.19. The highest BCUT2D eigenvalue weighted by atomic mass is 32.2. The fourth-order valence-corrected chi connectivity index (χ4v) is 4.18. The highest BCUT2D eigenvalue weighted by molar-refractivity contribution is 7.99. The number of rotatable bonds is 4. The minimum Gasteiger partial charge on any atom is -0.375 e. The zero-order chi connectivity index (χ0) is 12.1. The van der Waals surface area contributed by atoms with Gasteiger partial charge in [0.15, 0.2) is 0 Å². The fraction of sp³-hybridized carbons (Fsp3) is 1.00. The summed E-state index contributed by atoms with van der Waals surface area (Å²) >= 11 is 2.08. The summed E-state index contributed by atoms with van der Waals surface area (Å²) in [5, 5.41) is 3.23. The molecule has 4 heteroatoms. The van der Waals surface area contributed by atoms with Crippen LogP contribution in [0.2, 0.25) is 0 Å². The number of nitrogens with one attached hydrogen (secondary N) is 1. The number of hydrogen-bond donors (Lipinski definition) is 1. The number of likely N-dealkylation sites (N-methyl/N-ethyl adjacent to an activating group) is 2. The highest BCUT2D eigenvalue weighted by Crippen LogP contribution is 2.38. The Morgan fingerprint density at radius 3 is 2.88 bits per heavy atom. The van der Waals surface area contributed by atoms with Crippen molar-refractivity contribution in [2.24, 2.45) is 0 Å². The minimum atomic E-state index is 0.224. The van der Waals surface area contributed by atoms with E-state index in [9.17, 15) is 0 Å². The van der Waals surface area contributed by atoms with Crippen molar-refractivity contribution >= 4 is 11.8 Å². The van der Waals surface area contributed by atoms with E-state index >= 15 is 0 Å². The van der Waals surface area contributed by atoms with Crippen LogP contribution in [0.25, 0.3) is 0 Å². The third kappa shape index (κ3) is 3.60. The molecule has 1 N–H and O–H groups in total. The van der Waals surface area contributed by atoms with E-state index in [0.717, 1.165) is 25.7 Å². The van der Waals surface area contributed by atoms with Gasteiger partial charge in [0.05, 0.1) is 5.60 Å². The van der Waals surface area contributed by atoms with E-state index in [1.165, 1.54) is 37.2 Å². The van der Waals surface area contributed by atoms with Gasteiger partial charge in [-0.25, -0.2) is 0 Å². The van der Waals surface area contributed by atoms with Crippen molar-refractivity contribution in [1.82, 2.24) is 10.2 Å². The summed E-state index contributed by atoms with van der Waals surface area (Å²) in [6.45, 7) is 3.18. The Hall–Kier alpha value is 0.230. The smallest absolute Gasteiger partial charge is 0.0713 e. The normalized spacial score (nSPS) is 28.8. The average molecular weight is 258 g/mol. The van der Waals surface area contributed by atoms with E-state index in [2.05, 4.69) is 29.0 Å². The molecule has 2 saturated heterocycles. The molecule has 0 aromatic heterocycles. The summed E-state index contributed by atoms with van der Waals surface area (Å²) in [6, 6.07) is 0.722. The van der Waals surface area contributed by atoms with Crippen LogP contribution >= 0.6 is 11.8 Å². The maximum Gasteiger partial charge on any atom is 0.0713 e. The Labute approximate surface area is 110 Å². The maximum absolute atomic E-state index is 6.14. The van der Waals surface area contributed by atoms with Gasteiger partial charge in [-0.15, -0.1) is 0 Å². The van der Waals surface area contributed by atoms with Gasteiger partial charge < -0.3 is 15.0 Å². The first-order valence-electron chi connectivity index (χ1n) is 6.82. The molecule has 1 atom stereocenters. The Morgan fingerprint density at radius 2 is 2.18 bits per heavy atom. The van der Waals surface area contributed by atoms with E-state index in [0.29, 0.717) is 0 Å². The molecule has 0 radical (unpaired) electrons. The standard InChI is InChI=1S/C13H26N2OS/c1-14-6-7-15(2)12-3-8-16-13(11-12)4-9-17-10-5-13/h12,14H,3-11H2,1-2H3. The molecule has 0 amide bonds. The molecule has 1 unspecified atom stereocenters. The highest BCUT2D eigenvalue weighted by Gasteiger charge is 2.39. The minimum absolute atomic E-state index is 0.224. The molecule has 2 fully saturated rings. The molecule has 0 aliphatic carbocycles. The summed E-state index contributed by atoms with van der Waals surface area (Å²) in [4.78, 5) is 2.52. The summed E-state index contributed by atoms with van der Waals surface area (Å²) in [5.74, 6) is 2.57. The Morgan fingerprint density at radius 1 is 1.41 bits per heavy atom. The summed E-state index contributed by atoms with van der Waals surface area (Å²) in [5.41, 5.74) is 0.224. The summed E-state index contributed by atoms with van der Waals surface area (Å²) in [6.07, 6.45) is 4.96. The van der Waals surface area contributed by atoms with E-state index in [-0.39, 0.29) is 5.60 Å². The van der Waals surface area contributed by atoms with Crippen molar-refractivity contribution in [3.63, 3.8) is 0 Å². The maximum atomic E-state index is 6.14. The number of thioether (sulfide) groups is 1. The van der Waals surface area contributed by atoms with Crippen LogP contribution in [-0.2, 0) is 4.74 Å². The van der Waals surface area contributed by atoms with Gasteiger partial charge in [0.25, 0.3) is 0 Å². The van der Waals surface area contributed by atoms with Crippen LogP contribution in [0.1, 0.15) is 25.7 Å². The molecule has 2 aliphatic heterocycles. The van der Waals surface area contributed by atoms with E-state index in [1.807, 2.05) is 7.05 Å². The van der Waals surface area contributed by atoms with Crippen molar-refractivity contribution in [3.8, 4) is 0 Å².